The SMILES string of the molecule is CC(C)S(=O)(=O)Nc1ccccc1N1CCN(C(=O)[C@@H](Cc2ccc(Cl)cc2)NC(=O)[C@H]2Cc3ccccc3CN2)CC1. The fourth-order valence-corrected chi connectivity index (χ4v) is 6.30. The molecular weight excluding hydrogens is 586 g/mol. The van der Waals surface area contributed by atoms with E-state index in [4.69, 9.17) is 11.6 Å². The molecule has 3 aromatic carbocycles. The van der Waals surface area contributed by atoms with E-state index in [9.17, 15) is 18.0 Å². The fraction of sp³-hybridized carbons (Fsp3) is 0.375. The number of para-hydroxylation sites is 2. The van der Waals surface area contributed by atoms with E-state index in [1.807, 2.05) is 42.5 Å². The number of nitrogens with zero attached hydrogens (tertiary/aromatic N) is 2. The van der Waals surface area contributed by atoms with Gasteiger partial charge in [-0.1, -0.05) is 60.1 Å². The molecular formula is C32H38ClN5O4S. The molecule has 0 saturated carbocycles. The van der Waals surface area contributed by atoms with Crippen molar-refractivity contribution in [1.29, 1.82) is 0 Å². The Morgan fingerprint density at radius 1 is 0.930 bits per heavy atom. The van der Waals surface area contributed by atoms with Gasteiger partial charge in [0.1, 0.15) is 6.04 Å². The Labute approximate surface area is 258 Å². The second-order valence-electron chi connectivity index (χ2n) is 11.3. The van der Waals surface area contributed by atoms with E-state index in [0.717, 1.165) is 16.8 Å². The van der Waals surface area contributed by atoms with Gasteiger partial charge in [-0.05, 0) is 61.2 Å². The molecule has 0 radical (unpaired) electrons. The van der Waals surface area contributed by atoms with E-state index in [1.165, 1.54) is 5.56 Å². The lowest BCUT2D eigenvalue weighted by Gasteiger charge is -2.38. The second-order valence-corrected chi connectivity index (χ2v) is 14.0. The van der Waals surface area contributed by atoms with Crippen molar-refractivity contribution in [3.8, 4) is 0 Å². The highest BCUT2D eigenvalue weighted by molar-refractivity contribution is 7.93. The quantitative estimate of drug-likeness (QED) is 0.336. The van der Waals surface area contributed by atoms with Crippen LogP contribution in [-0.4, -0.2) is 68.6 Å². The predicted molar refractivity (Wildman–Crippen MR) is 171 cm³/mol. The van der Waals surface area contributed by atoms with E-state index in [2.05, 4.69) is 26.3 Å². The number of sulfonamides is 1. The molecule has 9 nitrogen and oxygen atoms in total. The number of piperazine rings is 1. The van der Waals surface area contributed by atoms with Gasteiger partial charge in [0.15, 0.2) is 0 Å². The van der Waals surface area contributed by atoms with Crippen LogP contribution in [-0.2, 0) is 39.0 Å². The second kappa shape index (κ2) is 13.4. The molecule has 2 amide bonds. The van der Waals surface area contributed by atoms with Crippen molar-refractivity contribution in [2.75, 3.05) is 35.8 Å². The molecule has 2 aliphatic rings. The van der Waals surface area contributed by atoms with Crippen molar-refractivity contribution in [1.82, 2.24) is 15.5 Å². The summed E-state index contributed by atoms with van der Waals surface area (Å²) in [6.07, 6.45) is 0.896. The Hall–Kier alpha value is -3.60. The first-order valence-electron chi connectivity index (χ1n) is 14.6. The van der Waals surface area contributed by atoms with E-state index >= 15 is 0 Å². The van der Waals surface area contributed by atoms with Gasteiger partial charge in [-0.2, -0.15) is 0 Å². The number of hydrogen-bond acceptors (Lipinski definition) is 6. The highest BCUT2D eigenvalue weighted by atomic mass is 35.5. The first-order chi connectivity index (χ1) is 20.6. The fourth-order valence-electron chi connectivity index (χ4n) is 5.46. The van der Waals surface area contributed by atoms with Crippen LogP contribution < -0.4 is 20.3 Å². The largest absolute Gasteiger partial charge is 0.366 e. The minimum atomic E-state index is -3.51. The van der Waals surface area contributed by atoms with E-state index < -0.39 is 27.4 Å². The van der Waals surface area contributed by atoms with Crippen LogP contribution in [0.2, 0.25) is 5.02 Å². The van der Waals surface area contributed by atoms with Crippen molar-refractivity contribution in [3.05, 3.63) is 94.5 Å². The van der Waals surface area contributed by atoms with Crippen LogP contribution in [0, 0.1) is 0 Å². The van der Waals surface area contributed by atoms with Gasteiger partial charge in [-0.3, -0.25) is 14.3 Å². The highest BCUT2D eigenvalue weighted by Gasteiger charge is 2.32. The molecule has 43 heavy (non-hydrogen) atoms. The molecule has 0 aromatic heterocycles. The van der Waals surface area contributed by atoms with Crippen molar-refractivity contribution in [2.45, 2.75) is 50.6 Å². The zero-order chi connectivity index (χ0) is 30.6. The number of amides is 2. The Morgan fingerprint density at radius 2 is 1.58 bits per heavy atom. The van der Waals surface area contributed by atoms with Crippen LogP contribution in [0.25, 0.3) is 0 Å². The highest BCUT2D eigenvalue weighted by Crippen LogP contribution is 2.28. The van der Waals surface area contributed by atoms with Gasteiger partial charge in [0.05, 0.1) is 22.7 Å². The standard InChI is InChI=1S/C32H38ClN5O4S/c1-22(2)43(41,42)36-27-9-5-6-10-30(27)37-15-17-38(18-16-37)32(40)29(19-23-11-13-26(33)14-12-23)35-31(39)28-20-24-7-3-4-8-25(24)21-34-28/h3-14,22,28-29,34,36H,15-21H2,1-2H3,(H,35,39)/t28-,29-/m1/s1. The predicted octanol–water partition coefficient (Wildman–Crippen LogP) is 3.58. The molecule has 1 saturated heterocycles. The summed E-state index contributed by atoms with van der Waals surface area (Å²) in [5.74, 6) is -0.347. The molecule has 2 aliphatic heterocycles. The average molecular weight is 624 g/mol. The summed E-state index contributed by atoms with van der Waals surface area (Å²) in [7, 11) is -3.51. The van der Waals surface area contributed by atoms with Crippen molar-refractivity contribution in [3.63, 3.8) is 0 Å². The number of hydrogen-bond donors (Lipinski definition) is 3. The molecule has 11 heteroatoms. The third-order valence-corrected chi connectivity index (χ3v) is 10.1. The zero-order valence-corrected chi connectivity index (χ0v) is 26.0. The van der Waals surface area contributed by atoms with Gasteiger partial charge in [-0.15, -0.1) is 0 Å². The summed E-state index contributed by atoms with van der Waals surface area (Å²) in [6.45, 7) is 5.79. The topological polar surface area (TPSA) is 111 Å². The van der Waals surface area contributed by atoms with Gasteiger partial charge in [0.2, 0.25) is 21.8 Å². The number of carbonyl (C=O) groups is 2. The van der Waals surface area contributed by atoms with Gasteiger partial charge < -0.3 is 20.4 Å². The molecule has 1 fully saturated rings. The number of carbonyl (C=O) groups excluding carboxylic acids is 2. The summed E-state index contributed by atoms with van der Waals surface area (Å²) in [5, 5.41) is 6.40. The lowest BCUT2D eigenvalue weighted by atomic mass is 9.95. The van der Waals surface area contributed by atoms with E-state index in [-0.39, 0.29) is 11.8 Å². The number of benzene rings is 3. The maximum Gasteiger partial charge on any atom is 0.245 e. The summed E-state index contributed by atoms with van der Waals surface area (Å²) in [4.78, 5) is 31.2. The molecule has 3 aromatic rings. The molecule has 228 valence electrons. The van der Waals surface area contributed by atoms with E-state index in [1.54, 1.807) is 43.0 Å². The molecule has 3 N–H and O–H groups in total. The smallest absolute Gasteiger partial charge is 0.245 e. The van der Waals surface area contributed by atoms with Crippen molar-refractivity contribution >= 4 is 44.8 Å². The number of halogens is 1. The summed E-state index contributed by atoms with van der Waals surface area (Å²) in [5.41, 5.74) is 4.50. The van der Waals surface area contributed by atoms with Crippen molar-refractivity contribution in [2.24, 2.45) is 0 Å². The molecule has 0 unspecified atom stereocenters. The van der Waals surface area contributed by atoms with Crippen LogP contribution in [0.4, 0.5) is 11.4 Å². The van der Waals surface area contributed by atoms with Crippen LogP contribution in [0.3, 0.4) is 0 Å². The monoisotopic (exact) mass is 623 g/mol. The summed E-state index contributed by atoms with van der Waals surface area (Å²) >= 11 is 6.09. The number of anilines is 2. The molecule has 2 atom stereocenters. The average Bonchev–Trinajstić information content (AvgIpc) is 3.01. The number of fused-ring (bicyclic) bond motifs is 1. The zero-order valence-electron chi connectivity index (χ0n) is 24.4. The van der Waals surface area contributed by atoms with Crippen LogP contribution in [0.1, 0.15) is 30.5 Å². The summed E-state index contributed by atoms with van der Waals surface area (Å²) in [6, 6.07) is 21.5. The van der Waals surface area contributed by atoms with Gasteiger partial charge >= 0.3 is 0 Å². The van der Waals surface area contributed by atoms with Crippen LogP contribution in [0.5, 0.6) is 0 Å². The Balaban J connectivity index is 1.28. The maximum absolute atomic E-state index is 13.9. The maximum atomic E-state index is 13.9. The van der Waals surface area contributed by atoms with Gasteiger partial charge in [-0.25, -0.2) is 8.42 Å². The lowest BCUT2D eigenvalue weighted by molar-refractivity contribution is -0.137. The van der Waals surface area contributed by atoms with Gasteiger partial charge in [0.25, 0.3) is 0 Å². The molecule has 5 rings (SSSR count). The van der Waals surface area contributed by atoms with E-state index in [0.29, 0.717) is 56.3 Å². The molecule has 0 aliphatic carbocycles. The number of rotatable bonds is 9. The Bertz CT molecular complexity index is 1560. The molecule has 0 bridgehead atoms. The minimum Gasteiger partial charge on any atom is -0.366 e. The summed E-state index contributed by atoms with van der Waals surface area (Å²) < 4.78 is 27.8. The number of nitrogens with one attached hydrogen (secondary N) is 3. The normalized spacial score (nSPS) is 17.7. The lowest BCUT2D eigenvalue weighted by Crippen LogP contribution is -2.58. The first-order valence-corrected chi connectivity index (χ1v) is 16.5. The Kier molecular flexibility index (Phi) is 9.59. The van der Waals surface area contributed by atoms with Gasteiger partial charge in [0, 0.05) is 44.2 Å². The Morgan fingerprint density at radius 3 is 2.28 bits per heavy atom. The molecule has 2 heterocycles. The minimum absolute atomic E-state index is 0.145. The van der Waals surface area contributed by atoms with Crippen LogP contribution >= 0.6 is 11.6 Å². The first kappa shape index (κ1) is 30.8. The molecule has 0 spiro atoms. The van der Waals surface area contributed by atoms with Crippen molar-refractivity contribution < 1.29 is 18.0 Å². The van der Waals surface area contributed by atoms with Crippen LogP contribution in [0.15, 0.2) is 72.8 Å². The third-order valence-electron chi connectivity index (χ3n) is 8.07. The third kappa shape index (κ3) is 7.49.